The molecule has 0 aliphatic carbocycles. The van der Waals surface area contributed by atoms with Crippen LogP contribution in [0, 0.1) is 5.92 Å². The molecular formula is C26H23ClO3S. The van der Waals surface area contributed by atoms with E-state index in [1.165, 1.54) is 0 Å². The second-order valence-corrected chi connectivity index (χ2v) is 9.27. The van der Waals surface area contributed by atoms with Crippen molar-refractivity contribution in [2.75, 3.05) is 0 Å². The molecule has 3 nitrogen and oxygen atoms in total. The van der Waals surface area contributed by atoms with Crippen molar-refractivity contribution in [3.8, 4) is 11.5 Å². The molecule has 0 bridgehead atoms. The fraction of sp³-hybridized carbons (Fsp3) is 0.192. The third-order valence-corrected chi connectivity index (χ3v) is 6.42. The molecule has 3 aromatic carbocycles. The molecule has 31 heavy (non-hydrogen) atoms. The summed E-state index contributed by atoms with van der Waals surface area (Å²) >= 11 is 7.73. The SMILES string of the molecule is CC(C)C(C(=O)OCc1cccc(Oc2ccccc2)c1)c1cc2cc(Cl)ccc2s1. The first-order valence-corrected chi connectivity index (χ1v) is 11.4. The highest BCUT2D eigenvalue weighted by Gasteiger charge is 2.27. The van der Waals surface area contributed by atoms with Crippen LogP contribution in [0.25, 0.3) is 10.1 Å². The van der Waals surface area contributed by atoms with Crippen molar-refractivity contribution in [1.29, 1.82) is 0 Å². The average Bonchev–Trinajstić information content (AvgIpc) is 3.15. The first-order valence-electron chi connectivity index (χ1n) is 10.2. The van der Waals surface area contributed by atoms with Gasteiger partial charge in [0.25, 0.3) is 0 Å². The molecule has 4 aromatic rings. The van der Waals surface area contributed by atoms with Crippen molar-refractivity contribution < 1.29 is 14.3 Å². The lowest BCUT2D eigenvalue weighted by Crippen LogP contribution is -2.20. The molecule has 0 amide bonds. The second kappa shape index (κ2) is 9.54. The van der Waals surface area contributed by atoms with E-state index in [2.05, 4.69) is 0 Å². The monoisotopic (exact) mass is 450 g/mol. The van der Waals surface area contributed by atoms with E-state index in [0.29, 0.717) is 10.8 Å². The van der Waals surface area contributed by atoms with Gasteiger partial charge in [0.1, 0.15) is 18.1 Å². The number of fused-ring (bicyclic) bond motifs is 1. The minimum absolute atomic E-state index is 0.115. The summed E-state index contributed by atoms with van der Waals surface area (Å²) in [6.45, 7) is 4.28. The third kappa shape index (κ3) is 5.27. The zero-order valence-electron chi connectivity index (χ0n) is 17.4. The summed E-state index contributed by atoms with van der Waals surface area (Å²) in [5.41, 5.74) is 0.882. The van der Waals surface area contributed by atoms with Crippen molar-refractivity contribution in [3.05, 3.63) is 94.3 Å². The summed E-state index contributed by atoms with van der Waals surface area (Å²) in [5.74, 6) is 1.05. The van der Waals surface area contributed by atoms with Gasteiger partial charge in [-0.3, -0.25) is 4.79 Å². The van der Waals surface area contributed by atoms with E-state index in [1.807, 2.05) is 92.7 Å². The number of hydrogen-bond donors (Lipinski definition) is 0. The predicted octanol–water partition coefficient (Wildman–Crippen LogP) is 7.83. The zero-order chi connectivity index (χ0) is 21.8. The summed E-state index contributed by atoms with van der Waals surface area (Å²) in [7, 11) is 0. The molecule has 1 aromatic heterocycles. The molecule has 1 unspecified atom stereocenters. The van der Waals surface area contributed by atoms with Gasteiger partial charge in [-0.1, -0.05) is 55.8 Å². The van der Waals surface area contributed by atoms with Crippen molar-refractivity contribution in [2.24, 2.45) is 5.92 Å². The first-order chi connectivity index (χ1) is 15.0. The fourth-order valence-corrected chi connectivity index (χ4v) is 4.96. The van der Waals surface area contributed by atoms with Crippen LogP contribution in [0.5, 0.6) is 11.5 Å². The Morgan fingerprint density at radius 3 is 2.48 bits per heavy atom. The number of carbonyl (C=O) groups excluding carboxylic acids is 1. The number of ether oxygens (including phenoxy) is 2. The van der Waals surface area contributed by atoms with Crippen molar-refractivity contribution >= 4 is 39.0 Å². The molecule has 1 heterocycles. The number of esters is 1. The minimum atomic E-state index is -0.320. The second-order valence-electron chi connectivity index (χ2n) is 7.72. The van der Waals surface area contributed by atoms with Crippen LogP contribution in [0.3, 0.4) is 0 Å². The minimum Gasteiger partial charge on any atom is -0.460 e. The number of halogens is 1. The molecule has 1 atom stereocenters. The number of para-hydroxylation sites is 1. The van der Waals surface area contributed by atoms with Crippen LogP contribution in [-0.4, -0.2) is 5.97 Å². The number of rotatable bonds is 7. The standard InChI is InChI=1S/C26H23ClO3S/c1-17(2)25(24-15-19-14-20(27)11-12-23(19)31-24)26(28)29-16-18-7-6-10-22(13-18)30-21-8-4-3-5-9-21/h3-15,17,25H,16H2,1-2H3. The van der Waals surface area contributed by atoms with Crippen molar-refractivity contribution in [3.63, 3.8) is 0 Å². The van der Waals surface area contributed by atoms with Gasteiger partial charge in [-0.15, -0.1) is 11.3 Å². The first kappa shape index (κ1) is 21.4. The molecule has 0 spiro atoms. The molecule has 4 rings (SSSR count). The van der Waals surface area contributed by atoms with Crippen molar-refractivity contribution in [1.82, 2.24) is 0 Å². The normalized spacial score (nSPS) is 12.1. The molecular weight excluding hydrogens is 428 g/mol. The van der Waals surface area contributed by atoms with Gasteiger partial charge in [0.2, 0.25) is 0 Å². The summed E-state index contributed by atoms with van der Waals surface area (Å²) in [4.78, 5) is 14.0. The number of thiophene rings is 1. The molecule has 0 aliphatic heterocycles. The van der Waals surface area contributed by atoms with Gasteiger partial charge in [-0.05, 0) is 65.4 Å². The Hall–Kier alpha value is -2.82. The summed E-state index contributed by atoms with van der Waals surface area (Å²) in [5, 5.41) is 1.75. The largest absolute Gasteiger partial charge is 0.460 e. The van der Waals surface area contributed by atoms with Gasteiger partial charge < -0.3 is 9.47 Å². The lowest BCUT2D eigenvalue weighted by Gasteiger charge is -2.18. The van der Waals surface area contributed by atoms with Crippen LogP contribution in [-0.2, 0) is 16.1 Å². The summed E-state index contributed by atoms with van der Waals surface area (Å²) in [6.07, 6.45) is 0. The molecule has 0 fully saturated rings. The van der Waals surface area contributed by atoms with Gasteiger partial charge in [0.15, 0.2) is 0 Å². The maximum atomic E-state index is 13.0. The number of hydrogen-bond acceptors (Lipinski definition) is 4. The van der Waals surface area contributed by atoms with Gasteiger partial charge in [0.05, 0.1) is 5.92 Å². The molecule has 0 N–H and O–H groups in total. The zero-order valence-corrected chi connectivity index (χ0v) is 19.0. The fourth-order valence-electron chi connectivity index (χ4n) is 3.47. The van der Waals surface area contributed by atoms with Gasteiger partial charge in [-0.2, -0.15) is 0 Å². The van der Waals surface area contributed by atoms with E-state index < -0.39 is 0 Å². The molecule has 0 radical (unpaired) electrons. The summed E-state index contributed by atoms with van der Waals surface area (Å²) in [6, 6.07) is 25.0. The van der Waals surface area contributed by atoms with E-state index in [-0.39, 0.29) is 24.4 Å². The smallest absolute Gasteiger partial charge is 0.314 e. The Morgan fingerprint density at radius 1 is 0.935 bits per heavy atom. The lowest BCUT2D eigenvalue weighted by molar-refractivity contribution is -0.147. The highest BCUT2D eigenvalue weighted by atomic mass is 35.5. The Morgan fingerprint density at radius 2 is 1.71 bits per heavy atom. The maximum Gasteiger partial charge on any atom is 0.314 e. The Bertz CT molecular complexity index is 1180. The van der Waals surface area contributed by atoms with Gasteiger partial charge in [0, 0.05) is 14.6 Å². The number of benzene rings is 3. The van der Waals surface area contributed by atoms with Crippen LogP contribution in [0.2, 0.25) is 5.02 Å². The quantitative estimate of drug-likeness (QED) is 0.269. The van der Waals surface area contributed by atoms with E-state index >= 15 is 0 Å². The van der Waals surface area contributed by atoms with Crippen LogP contribution in [0.1, 0.15) is 30.2 Å². The van der Waals surface area contributed by atoms with Crippen LogP contribution < -0.4 is 4.74 Å². The molecule has 0 aliphatic rings. The van der Waals surface area contributed by atoms with Crippen molar-refractivity contribution in [2.45, 2.75) is 26.4 Å². The molecule has 0 saturated heterocycles. The van der Waals surface area contributed by atoms with Gasteiger partial charge in [-0.25, -0.2) is 0 Å². The summed E-state index contributed by atoms with van der Waals surface area (Å²) < 4.78 is 12.7. The van der Waals surface area contributed by atoms with Crippen LogP contribution in [0.15, 0.2) is 78.9 Å². The molecule has 5 heteroatoms. The van der Waals surface area contributed by atoms with Crippen LogP contribution >= 0.6 is 22.9 Å². The Labute approximate surface area is 191 Å². The highest BCUT2D eigenvalue weighted by Crippen LogP contribution is 2.36. The van der Waals surface area contributed by atoms with E-state index in [1.54, 1.807) is 11.3 Å². The topological polar surface area (TPSA) is 35.5 Å². The predicted molar refractivity (Wildman–Crippen MR) is 127 cm³/mol. The number of carbonyl (C=O) groups is 1. The van der Waals surface area contributed by atoms with Crippen LogP contribution in [0.4, 0.5) is 0 Å². The lowest BCUT2D eigenvalue weighted by atomic mass is 9.94. The van der Waals surface area contributed by atoms with Gasteiger partial charge >= 0.3 is 5.97 Å². The molecule has 158 valence electrons. The Kier molecular flexibility index (Phi) is 6.59. The average molecular weight is 451 g/mol. The van der Waals surface area contributed by atoms with E-state index in [4.69, 9.17) is 21.1 Å². The maximum absolute atomic E-state index is 13.0. The highest BCUT2D eigenvalue weighted by molar-refractivity contribution is 7.19. The molecule has 0 saturated carbocycles. The van der Waals surface area contributed by atoms with E-state index in [0.717, 1.165) is 26.3 Å². The van der Waals surface area contributed by atoms with E-state index in [9.17, 15) is 4.79 Å². The third-order valence-electron chi connectivity index (χ3n) is 4.98. The Balaban J connectivity index is 1.46.